The van der Waals surface area contributed by atoms with Crippen molar-refractivity contribution in [1.29, 1.82) is 0 Å². The molecule has 3 rings (SSSR count). The Bertz CT molecular complexity index is 1130. The summed E-state index contributed by atoms with van der Waals surface area (Å²) in [5, 5.41) is 0. The first-order valence-corrected chi connectivity index (χ1v) is 13.7. The highest BCUT2D eigenvalue weighted by Gasteiger charge is 2.31. The molecule has 1 aromatic carbocycles. The Morgan fingerprint density at radius 1 is 1.09 bits per heavy atom. The first kappa shape index (κ1) is 27.4. The number of likely N-dealkylation sites (N-methyl/N-ethyl adjacent to an activating group) is 1. The lowest BCUT2D eigenvalue weighted by Crippen LogP contribution is -2.44. The summed E-state index contributed by atoms with van der Waals surface area (Å²) in [5.74, 6) is -0.0609. The van der Waals surface area contributed by atoms with Crippen LogP contribution >= 0.6 is 0 Å². The van der Waals surface area contributed by atoms with Crippen molar-refractivity contribution in [3.63, 3.8) is 0 Å². The van der Waals surface area contributed by atoms with E-state index in [0.717, 1.165) is 36.2 Å². The molecule has 1 aliphatic heterocycles. The molecule has 1 atom stereocenters. The quantitative estimate of drug-likeness (QED) is 0.465. The van der Waals surface area contributed by atoms with Crippen molar-refractivity contribution in [1.82, 2.24) is 18.7 Å². The first-order chi connectivity index (χ1) is 16.5. The van der Waals surface area contributed by atoms with Gasteiger partial charge in [-0.15, -0.1) is 0 Å². The summed E-state index contributed by atoms with van der Waals surface area (Å²) in [4.78, 5) is 17.4. The monoisotopic (exact) mass is 504 g/mol. The van der Waals surface area contributed by atoms with Crippen molar-refractivity contribution in [3.8, 4) is 0 Å². The zero-order valence-electron chi connectivity index (χ0n) is 22.2. The molecule has 1 amide bonds. The van der Waals surface area contributed by atoms with Gasteiger partial charge in [-0.05, 0) is 64.5 Å². The van der Waals surface area contributed by atoms with Crippen molar-refractivity contribution in [2.75, 3.05) is 47.4 Å². The molecule has 0 bridgehead atoms. The lowest BCUT2D eigenvalue weighted by atomic mass is 10.1. The fourth-order valence-electron chi connectivity index (χ4n) is 5.09. The summed E-state index contributed by atoms with van der Waals surface area (Å²) >= 11 is 0. The van der Waals surface area contributed by atoms with E-state index in [-0.39, 0.29) is 31.7 Å². The highest BCUT2D eigenvalue weighted by Crippen LogP contribution is 2.31. The normalized spacial score (nSPS) is 16.3. The molecule has 0 radical (unpaired) electrons. The largest absolute Gasteiger partial charge is 0.370 e. The van der Waals surface area contributed by atoms with Crippen LogP contribution in [0.2, 0.25) is 0 Å². The van der Waals surface area contributed by atoms with E-state index in [4.69, 9.17) is 4.74 Å². The minimum atomic E-state index is -3.64. The molecule has 194 valence electrons. The number of aryl methyl sites for hydroxylation is 3. The number of hydrogen-bond acceptors (Lipinski definition) is 5. The number of ether oxygens (including phenoxy) is 1. The number of rotatable bonds is 10. The van der Waals surface area contributed by atoms with Crippen molar-refractivity contribution in [2.45, 2.75) is 58.1 Å². The van der Waals surface area contributed by atoms with Crippen LogP contribution in [-0.2, 0) is 32.6 Å². The van der Waals surface area contributed by atoms with Gasteiger partial charge < -0.3 is 19.1 Å². The summed E-state index contributed by atoms with van der Waals surface area (Å²) in [7, 11) is 2.02. The Labute approximate surface area is 210 Å². The van der Waals surface area contributed by atoms with Gasteiger partial charge in [0.05, 0.1) is 17.5 Å². The van der Waals surface area contributed by atoms with E-state index in [9.17, 15) is 13.2 Å². The zero-order chi connectivity index (χ0) is 25.9. The van der Waals surface area contributed by atoms with E-state index in [0.29, 0.717) is 11.4 Å². The molecule has 0 saturated carbocycles. The Morgan fingerprint density at radius 3 is 2.34 bits per heavy atom. The molecule has 2 aromatic rings. The molecule has 1 aromatic heterocycles. The molecule has 0 aliphatic carbocycles. The Hall–Kier alpha value is -2.20. The number of carbonyl (C=O) groups is 1. The number of fused-ring (bicyclic) bond motifs is 1. The topological polar surface area (TPSA) is 75.1 Å². The molecular formula is C26H40N4O4S. The highest BCUT2D eigenvalue weighted by molar-refractivity contribution is 7.89. The van der Waals surface area contributed by atoms with E-state index in [2.05, 4.69) is 42.6 Å². The van der Waals surface area contributed by atoms with Gasteiger partial charge in [0.2, 0.25) is 15.9 Å². The Kier molecular flexibility index (Phi) is 8.80. The summed E-state index contributed by atoms with van der Waals surface area (Å²) in [5.41, 5.74) is 4.93. The van der Waals surface area contributed by atoms with Crippen molar-refractivity contribution in [3.05, 3.63) is 52.3 Å². The maximum atomic E-state index is 13.1. The number of sulfonamides is 1. The van der Waals surface area contributed by atoms with E-state index < -0.39 is 10.0 Å². The highest BCUT2D eigenvalue weighted by atomic mass is 32.2. The predicted octanol–water partition coefficient (Wildman–Crippen LogP) is 3.11. The molecule has 0 saturated heterocycles. The van der Waals surface area contributed by atoms with Gasteiger partial charge in [-0.1, -0.05) is 24.6 Å². The number of benzene rings is 1. The maximum Gasteiger partial charge on any atom is 0.249 e. The Balaban J connectivity index is 1.57. The van der Waals surface area contributed by atoms with Crippen LogP contribution in [0, 0.1) is 20.8 Å². The van der Waals surface area contributed by atoms with Gasteiger partial charge in [0.1, 0.15) is 6.61 Å². The number of nitrogens with zero attached hydrogens (tertiary/aromatic N) is 4. The standard InChI is InChI=1S/C26H40N4O4S/c1-8-23-24-10-9-22(17-27(5)6)29(24)11-12-30(23)25(31)18-34-14-13-28(7)35(32,33)26-20(3)15-19(2)16-21(26)4/h9-10,15-16,23H,8,11-14,17-18H2,1-7H3. The second-order valence-electron chi connectivity index (χ2n) is 9.76. The zero-order valence-corrected chi connectivity index (χ0v) is 23.0. The molecule has 8 nitrogen and oxygen atoms in total. The second-order valence-corrected chi connectivity index (χ2v) is 11.7. The van der Waals surface area contributed by atoms with E-state index in [1.54, 1.807) is 7.05 Å². The van der Waals surface area contributed by atoms with Crippen LogP contribution < -0.4 is 0 Å². The summed E-state index contributed by atoms with van der Waals surface area (Å²) in [6.07, 6.45) is 0.827. The molecule has 0 spiro atoms. The van der Waals surface area contributed by atoms with E-state index in [1.165, 1.54) is 15.7 Å². The van der Waals surface area contributed by atoms with Crippen LogP contribution in [0.3, 0.4) is 0 Å². The summed E-state index contributed by atoms with van der Waals surface area (Å²) in [6.45, 7) is 10.2. The first-order valence-electron chi connectivity index (χ1n) is 12.2. The number of amides is 1. The third-order valence-corrected chi connectivity index (χ3v) is 8.78. The fourth-order valence-corrected chi connectivity index (χ4v) is 6.65. The molecule has 35 heavy (non-hydrogen) atoms. The van der Waals surface area contributed by atoms with Crippen LogP contribution in [0.5, 0.6) is 0 Å². The number of carbonyl (C=O) groups excluding carboxylic acids is 1. The van der Waals surface area contributed by atoms with E-state index in [1.807, 2.05) is 37.8 Å². The molecule has 0 fully saturated rings. The number of hydrogen-bond donors (Lipinski definition) is 0. The van der Waals surface area contributed by atoms with Crippen molar-refractivity contribution < 1.29 is 17.9 Å². The van der Waals surface area contributed by atoms with Gasteiger partial charge in [0.25, 0.3) is 0 Å². The number of aromatic nitrogens is 1. The van der Waals surface area contributed by atoms with Crippen molar-refractivity contribution in [2.24, 2.45) is 0 Å². The van der Waals surface area contributed by atoms with Crippen LogP contribution in [0.4, 0.5) is 0 Å². The van der Waals surface area contributed by atoms with Gasteiger partial charge >= 0.3 is 0 Å². The third kappa shape index (κ3) is 5.97. The molecule has 2 heterocycles. The predicted molar refractivity (Wildman–Crippen MR) is 138 cm³/mol. The van der Waals surface area contributed by atoms with Gasteiger partial charge in [-0.2, -0.15) is 4.31 Å². The lowest BCUT2D eigenvalue weighted by molar-refractivity contribution is -0.140. The molecular weight excluding hydrogens is 464 g/mol. The Morgan fingerprint density at radius 2 is 1.74 bits per heavy atom. The van der Waals surface area contributed by atoms with Gasteiger partial charge in [-0.3, -0.25) is 4.79 Å². The summed E-state index contributed by atoms with van der Waals surface area (Å²) in [6, 6.07) is 8.06. The molecule has 0 N–H and O–H groups in total. The van der Waals surface area contributed by atoms with Crippen molar-refractivity contribution >= 4 is 15.9 Å². The lowest BCUT2D eigenvalue weighted by Gasteiger charge is -2.37. The molecule has 9 heteroatoms. The van der Waals surface area contributed by atoms with E-state index >= 15 is 0 Å². The third-order valence-electron chi connectivity index (χ3n) is 6.62. The average molecular weight is 505 g/mol. The minimum Gasteiger partial charge on any atom is -0.370 e. The van der Waals surface area contributed by atoms with Crippen LogP contribution in [0.1, 0.15) is 47.5 Å². The SMILES string of the molecule is CCC1c2ccc(CN(C)C)n2CCN1C(=O)COCCN(C)S(=O)(=O)c1c(C)cc(C)cc1C. The molecule has 1 aliphatic rings. The van der Waals surface area contributed by atoms with Crippen LogP contribution in [0.25, 0.3) is 0 Å². The molecule has 1 unspecified atom stereocenters. The van der Waals surface area contributed by atoms with Gasteiger partial charge in [0, 0.05) is 44.6 Å². The smallest absolute Gasteiger partial charge is 0.249 e. The summed E-state index contributed by atoms with van der Waals surface area (Å²) < 4.78 is 35.5. The fraction of sp³-hybridized carbons (Fsp3) is 0.577. The van der Waals surface area contributed by atoms with Crippen LogP contribution in [0.15, 0.2) is 29.2 Å². The minimum absolute atomic E-state index is 0.0197. The maximum absolute atomic E-state index is 13.1. The second kappa shape index (κ2) is 11.2. The van der Waals surface area contributed by atoms with Gasteiger partial charge in [0.15, 0.2) is 0 Å². The van der Waals surface area contributed by atoms with Crippen LogP contribution in [-0.4, -0.2) is 80.4 Å². The average Bonchev–Trinajstić information content (AvgIpc) is 3.16. The van der Waals surface area contributed by atoms with Gasteiger partial charge in [-0.25, -0.2) is 8.42 Å².